The molecule has 0 heterocycles. The first-order valence-electron chi connectivity index (χ1n) is 7.34. The first-order valence-corrected chi connectivity index (χ1v) is 8.78. The number of carbonyl (C=O) groups excluding carboxylic acids is 2. The monoisotopic (exact) mass is 341 g/mol. The zero-order valence-corrected chi connectivity index (χ0v) is 14.7. The molecule has 8 heteroatoms. The molecule has 2 amide bonds. The molecule has 0 bridgehead atoms. The van der Waals surface area contributed by atoms with Gasteiger partial charge < -0.3 is 10.2 Å². The second kappa shape index (κ2) is 8.07. The van der Waals surface area contributed by atoms with Crippen LogP contribution in [0.15, 0.2) is 29.2 Å². The smallest absolute Gasteiger partial charge is 0.243 e. The zero-order valence-electron chi connectivity index (χ0n) is 13.9. The van der Waals surface area contributed by atoms with Gasteiger partial charge in [-0.25, -0.2) is 8.42 Å². The van der Waals surface area contributed by atoms with E-state index in [4.69, 9.17) is 0 Å². The molecule has 1 aromatic carbocycles. The Kier molecular flexibility index (Phi) is 6.71. The summed E-state index contributed by atoms with van der Waals surface area (Å²) in [5.41, 5.74) is 0.512. The topological polar surface area (TPSA) is 86.8 Å². The van der Waals surface area contributed by atoms with Crippen molar-refractivity contribution in [1.82, 2.24) is 9.21 Å². The summed E-state index contributed by atoms with van der Waals surface area (Å²) < 4.78 is 26.0. The maximum Gasteiger partial charge on any atom is 0.243 e. The number of nitrogens with one attached hydrogen (secondary N) is 1. The van der Waals surface area contributed by atoms with Crippen LogP contribution >= 0.6 is 0 Å². The van der Waals surface area contributed by atoms with E-state index in [0.29, 0.717) is 18.8 Å². The van der Waals surface area contributed by atoms with Crippen LogP contribution in [0.25, 0.3) is 0 Å². The SMILES string of the molecule is CCN(CC)C(=O)CN(C)S(=O)(=O)c1ccc(NC(C)=O)cc1. The second-order valence-electron chi connectivity index (χ2n) is 5.03. The molecule has 0 aliphatic heterocycles. The first-order chi connectivity index (χ1) is 10.7. The fraction of sp³-hybridized carbons (Fsp3) is 0.467. The molecule has 0 saturated heterocycles. The van der Waals surface area contributed by atoms with E-state index in [-0.39, 0.29) is 23.3 Å². The summed E-state index contributed by atoms with van der Waals surface area (Å²) in [5, 5.41) is 2.57. The molecular formula is C15H23N3O4S. The van der Waals surface area contributed by atoms with Crippen LogP contribution in [0.5, 0.6) is 0 Å². The van der Waals surface area contributed by atoms with Crippen LogP contribution in [0.4, 0.5) is 5.69 Å². The molecule has 0 radical (unpaired) electrons. The number of hydrogen-bond donors (Lipinski definition) is 1. The Labute approximate surface area is 137 Å². The first kappa shape index (κ1) is 19.1. The standard InChI is InChI=1S/C15H23N3O4S/c1-5-18(6-2)15(20)11-17(4)23(21,22)14-9-7-13(8-10-14)16-12(3)19/h7-10H,5-6,11H2,1-4H3,(H,16,19). The fourth-order valence-electron chi connectivity index (χ4n) is 2.05. The molecule has 1 N–H and O–H groups in total. The number of hydrogen-bond acceptors (Lipinski definition) is 4. The minimum absolute atomic E-state index is 0.0708. The van der Waals surface area contributed by atoms with Crippen molar-refractivity contribution in [2.45, 2.75) is 25.7 Å². The average Bonchev–Trinajstić information content (AvgIpc) is 2.48. The quantitative estimate of drug-likeness (QED) is 0.805. The molecule has 1 rings (SSSR count). The minimum atomic E-state index is -3.76. The number of sulfonamides is 1. The van der Waals surface area contributed by atoms with E-state index in [9.17, 15) is 18.0 Å². The molecule has 0 aliphatic rings. The van der Waals surface area contributed by atoms with Gasteiger partial charge in [-0.05, 0) is 38.1 Å². The molecule has 0 fully saturated rings. The van der Waals surface area contributed by atoms with Gasteiger partial charge in [0.25, 0.3) is 0 Å². The molecule has 0 aromatic heterocycles. The molecule has 23 heavy (non-hydrogen) atoms. The van der Waals surface area contributed by atoms with Crippen molar-refractivity contribution in [3.05, 3.63) is 24.3 Å². The van der Waals surface area contributed by atoms with Crippen molar-refractivity contribution in [3.8, 4) is 0 Å². The van der Waals surface area contributed by atoms with E-state index >= 15 is 0 Å². The van der Waals surface area contributed by atoms with Crippen LogP contribution in [0, 0.1) is 0 Å². The molecule has 7 nitrogen and oxygen atoms in total. The Morgan fingerprint density at radius 1 is 1.09 bits per heavy atom. The summed E-state index contributed by atoms with van der Waals surface area (Å²) in [7, 11) is -2.38. The third-order valence-electron chi connectivity index (χ3n) is 3.36. The lowest BCUT2D eigenvalue weighted by Crippen LogP contribution is -2.40. The third kappa shape index (κ3) is 5.04. The van der Waals surface area contributed by atoms with Gasteiger partial charge in [0.1, 0.15) is 0 Å². The second-order valence-corrected chi connectivity index (χ2v) is 7.08. The highest BCUT2D eigenvalue weighted by molar-refractivity contribution is 7.89. The lowest BCUT2D eigenvalue weighted by Gasteiger charge is -2.23. The normalized spacial score (nSPS) is 11.3. The molecule has 0 aliphatic carbocycles. The largest absolute Gasteiger partial charge is 0.342 e. The van der Waals surface area contributed by atoms with Gasteiger partial charge in [-0.2, -0.15) is 4.31 Å². The highest BCUT2D eigenvalue weighted by Gasteiger charge is 2.24. The maximum absolute atomic E-state index is 12.5. The number of likely N-dealkylation sites (N-methyl/N-ethyl adjacent to an activating group) is 2. The number of anilines is 1. The van der Waals surface area contributed by atoms with Gasteiger partial charge in [0.15, 0.2) is 0 Å². The molecule has 128 valence electrons. The van der Waals surface area contributed by atoms with Gasteiger partial charge in [0.2, 0.25) is 21.8 Å². The van der Waals surface area contributed by atoms with Crippen LogP contribution < -0.4 is 5.32 Å². The summed E-state index contributed by atoms with van der Waals surface area (Å²) in [6, 6.07) is 5.82. The molecule has 1 aromatic rings. The molecule has 0 atom stereocenters. The summed E-state index contributed by atoms with van der Waals surface area (Å²) in [5.74, 6) is -0.474. The van der Waals surface area contributed by atoms with Gasteiger partial charge in [-0.15, -0.1) is 0 Å². The van der Waals surface area contributed by atoms with Crippen LogP contribution in [0.1, 0.15) is 20.8 Å². The summed E-state index contributed by atoms with van der Waals surface area (Å²) in [4.78, 5) is 24.7. The Bertz CT molecular complexity index is 652. The highest BCUT2D eigenvalue weighted by Crippen LogP contribution is 2.17. The van der Waals surface area contributed by atoms with Crippen molar-refractivity contribution in [2.24, 2.45) is 0 Å². The molecule has 0 spiro atoms. The molecule has 0 saturated carbocycles. The zero-order chi connectivity index (χ0) is 17.6. The van der Waals surface area contributed by atoms with Crippen LogP contribution in [-0.4, -0.2) is 56.1 Å². The van der Waals surface area contributed by atoms with E-state index in [2.05, 4.69) is 5.32 Å². The summed E-state index contributed by atoms with van der Waals surface area (Å²) >= 11 is 0. The number of nitrogens with zero attached hydrogens (tertiary/aromatic N) is 2. The molecule has 0 unspecified atom stereocenters. The fourth-order valence-corrected chi connectivity index (χ4v) is 3.17. The number of carbonyl (C=O) groups is 2. The van der Waals surface area contributed by atoms with Crippen molar-refractivity contribution in [2.75, 3.05) is 32.0 Å². The number of rotatable bonds is 7. The maximum atomic E-state index is 12.5. The van der Waals surface area contributed by atoms with Gasteiger partial charge in [0, 0.05) is 32.7 Å². The number of benzene rings is 1. The summed E-state index contributed by atoms with van der Waals surface area (Å²) in [6.07, 6.45) is 0. The van der Waals surface area contributed by atoms with Gasteiger partial charge in [0.05, 0.1) is 11.4 Å². The predicted molar refractivity (Wildman–Crippen MR) is 88.5 cm³/mol. The van der Waals surface area contributed by atoms with E-state index in [0.717, 1.165) is 4.31 Å². The van der Waals surface area contributed by atoms with E-state index in [1.165, 1.54) is 38.2 Å². The Morgan fingerprint density at radius 3 is 2.04 bits per heavy atom. The van der Waals surface area contributed by atoms with Crippen LogP contribution in [0.3, 0.4) is 0 Å². The van der Waals surface area contributed by atoms with Crippen LogP contribution in [0.2, 0.25) is 0 Å². The van der Waals surface area contributed by atoms with Crippen molar-refractivity contribution < 1.29 is 18.0 Å². The van der Waals surface area contributed by atoms with Gasteiger partial charge in [-0.3, -0.25) is 9.59 Å². The lowest BCUT2D eigenvalue weighted by atomic mass is 10.3. The lowest BCUT2D eigenvalue weighted by molar-refractivity contribution is -0.130. The third-order valence-corrected chi connectivity index (χ3v) is 5.17. The Balaban J connectivity index is 2.89. The van der Waals surface area contributed by atoms with Crippen LogP contribution in [-0.2, 0) is 19.6 Å². The van der Waals surface area contributed by atoms with Crippen molar-refractivity contribution in [1.29, 1.82) is 0 Å². The average molecular weight is 341 g/mol. The van der Waals surface area contributed by atoms with E-state index in [1.54, 1.807) is 4.90 Å². The van der Waals surface area contributed by atoms with Crippen molar-refractivity contribution >= 4 is 27.5 Å². The Hall–Kier alpha value is -1.93. The van der Waals surface area contributed by atoms with E-state index < -0.39 is 10.0 Å². The summed E-state index contributed by atoms with van der Waals surface area (Å²) in [6.45, 7) is 5.92. The molecular weight excluding hydrogens is 318 g/mol. The van der Waals surface area contributed by atoms with E-state index in [1.807, 2.05) is 13.8 Å². The van der Waals surface area contributed by atoms with Crippen molar-refractivity contribution in [3.63, 3.8) is 0 Å². The van der Waals surface area contributed by atoms with Gasteiger partial charge in [-0.1, -0.05) is 0 Å². The Morgan fingerprint density at radius 2 is 1.61 bits per heavy atom. The number of amides is 2. The minimum Gasteiger partial charge on any atom is -0.342 e. The van der Waals surface area contributed by atoms with Gasteiger partial charge >= 0.3 is 0 Å². The highest BCUT2D eigenvalue weighted by atomic mass is 32.2. The predicted octanol–water partition coefficient (Wildman–Crippen LogP) is 1.13.